The molecule has 1 rings (SSSR count). The molecule has 1 aliphatic carbocycles. The summed E-state index contributed by atoms with van der Waals surface area (Å²) in [7, 11) is 0. The molecule has 0 bridgehead atoms. The quantitative estimate of drug-likeness (QED) is 0.558. The van der Waals surface area contributed by atoms with Gasteiger partial charge in [0.1, 0.15) is 0 Å². The maximum Gasteiger partial charge on any atom is 0.0675 e. The van der Waals surface area contributed by atoms with Crippen molar-refractivity contribution in [1.82, 2.24) is 0 Å². The van der Waals surface area contributed by atoms with Crippen LogP contribution in [0, 0.1) is 5.92 Å². The van der Waals surface area contributed by atoms with Crippen molar-refractivity contribution in [3.8, 4) is 0 Å². The van der Waals surface area contributed by atoms with Crippen LogP contribution in [0.15, 0.2) is 0 Å². The van der Waals surface area contributed by atoms with Crippen LogP contribution in [0.2, 0.25) is 0 Å². The van der Waals surface area contributed by atoms with Gasteiger partial charge < -0.3 is 5.11 Å². The Morgan fingerprint density at radius 2 is 1.47 bits per heavy atom. The van der Waals surface area contributed by atoms with Gasteiger partial charge in [0.05, 0.1) is 5.60 Å². The highest BCUT2D eigenvalue weighted by Gasteiger charge is 2.36. The van der Waals surface area contributed by atoms with Crippen LogP contribution >= 0.6 is 0 Å². The summed E-state index contributed by atoms with van der Waals surface area (Å²) in [5.74, 6) is 0.607. The van der Waals surface area contributed by atoms with Gasteiger partial charge in [0.25, 0.3) is 0 Å². The minimum Gasteiger partial charge on any atom is -0.390 e. The van der Waals surface area contributed by atoms with Crippen molar-refractivity contribution in [2.75, 3.05) is 0 Å². The average Bonchev–Trinajstić information content (AvgIpc) is 2.86. The number of hydrogen-bond acceptors (Lipinski definition) is 1. The van der Waals surface area contributed by atoms with E-state index in [1.807, 2.05) is 0 Å². The van der Waals surface area contributed by atoms with Gasteiger partial charge in [-0.25, -0.2) is 0 Å². The fourth-order valence-electron chi connectivity index (χ4n) is 3.34. The maximum absolute atomic E-state index is 10.9. The molecule has 0 aromatic rings. The Morgan fingerprint density at radius 1 is 0.882 bits per heavy atom. The summed E-state index contributed by atoms with van der Waals surface area (Å²) >= 11 is 0. The van der Waals surface area contributed by atoms with Crippen LogP contribution < -0.4 is 0 Å². The summed E-state index contributed by atoms with van der Waals surface area (Å²) in [5.41, 5.74) is -0.319. The van der Waals surface area contributed by atoms with Gasteiger partial charge in [0.2, 0.25) is 0 Å². The van der Waals surface area contributed by atoms with Crippen molar-refractivity contribution in [2.45, 2.75) is 96.5 Å². The van der Waals surface area contributed by atoms with Crippen LogP contribution in [0.3, 0.4) is 0 Å². The number of hydrogen-bond donors (Lipinski definition) is 1. The van der Waals surface area contributed by atoms with Gasteiger partial charge in [-0.15, -0.1) is 0 Å². The molecule has 0 aromatic heterocycles. The van der Waals surface area contributed by atoms with Crippen LogP contribution in [0.4, 0.5) is 0 Å². The van der Waals surface area contributed by atoms with Crippen LogP contribution in [-0.4, -0.2) is 10.7 Å². The zero-order valence-corrected chi connectivity index (χ0v) is 12.0. The molecule has 1 N–H and O–H groups in total. The van der Waals surface area contributed by atoms with Gasteiger partial charge >= 0.3 is 0 Å². The second kappa shape index (κ2) is 8.13. The number of unbranched alkanes of at least 4 members (excludes halogenated alkanes) is 4. The van der Waals surface area contributed by atoms with Crippen LogP contribution in [0.5, 0.6) is 0 Å². The summed E-state index contributed by atoms with van der Waals surface area (Å²) in [5, 5.41) is 10.9. The fraction of sp³-hybridized carbons (Fsp3) is 1.00. The Labute approximate surface area is 108 Å². The summed E-state index contributed by atoms with van der Waals surface area (Å²) in [6.45, 7) is 4.48. The highest BCUT2D eigenvalue weighted by molar-refractivity contribution is 4.89. The summed E-state index contributed by atoms with van der Waals surface area (Å²) in [6, 6.07) is 0. The van der Waals surface area contributed by atoms with Crippen molar-refractivity contribution in [3.05, 3.63) is 0 Å². The van der Waals surface area contributed by atoms with Crippen LogP contribution in [-0.2, 0) is 0 Å². The van der Waals surface area contributed by atoms with Crippen molar-refractivity contribution in [2.24, 2.45) is 5.92 Å². The van der Waals surface area contributed by atoms with Gasteiger partial charge in [0.15, 0.2) is 0 Å². The normalized spacial score (nSPS) is 20.6. The Kier molecular flexibility index (Phi) is 7.18. The molecule has 1 aliphatic rings. The van der Waals surface area contributed by atoms with E-state index in [0.29, 0.717) is 5.92 Å². The highest BCUT2D eigenvalue weighted by Crippen LogP contribution is 2.40. The van der Waals surface area contributed by atoms with Crippen LogP contribution in [0.1, 0.15) is 90.9 Å². The maximum atomic E-state index is 10.9. The predicted molar refractivity (Wildman–Crippen MR) is 75.2 cm³/mol. The molecule has 1 fully saturated rings. The topological polar surface area (TPSA) is 20.2 Å². The molecule has 0 spiro atoms. The molecule has 1 heteroatoms. The van der Waals surface area contributed by atoms with E-state index >= 15 is 0 Å². The Morgan fingerprint density at radius 3 is 2.06 bits per heavy atom. The number of aliphatic hydroxyl groups is 1. The molecule has 17 heavy (non-hydrogen) atoms. The van der Waals surface area contributed by atoms with E-state index in [0.717, 1.165) is 12.8 Å². The van der Waals surface area contributed by atoms with Crippen LogP contribution in [0.25, 0.3) is 0 Å². The smallest absolute Gasteiger partial charge is 0.0675 e. The van der Waals surface area contributed by atoms with Gasteiger partial charge in [-0.2, -0.15) is 0 Å². The largest absolute Gasteiger partial charge is 0.390 e. The third-order valence-corrected chi connectivity index (χ3v) is 4.54. The lowest BCUT2D eigenvalue weighted by Crippen LogP contribution is -2.36. The molecular weight excluding hydrogens is 208 g/mol. The number of rotatable bonds is 9. The third-order valence-electron chi connectivity index (χ3n) is 4.54. The molecule has 1 saturated carbocycles. The molecule has 0 aromatic carbocycles. The van der Waals surface area contributed by atoms with Gasteiger partial charge in [-0.05, 0) is 31.6 Å². The van der Waals surface area contributed by atoms with Crippen molar-refractivity contribution in [1.29, 1.82) is 0 Å². The summed E-state index contributed by atoms with van der Waals surface area (Å²) in [4.78, 5) is 0. The zero-order valence-electron chi connectivity index (χ0n) is 12.0. The first-order chi connectivity index (χ1) is 8.23. The molecule has 1 atom stereocenters. The lowest BCUT2D eigenvalue weighted by Gasteiger charge is -2.34. The van der Waals surface area contributed by atoms with Crippen molar-refractivity contribution < 1.29 is 5.11 Å². The first-order valence-corrected chi connectivity index (χ1v) is 7.95. The average molecular weight is 240 g/mol. The molecule has 0 heterocycles. The summed E-state index contributed by atoms with van der Waals surface area (Å²) in [6.07, 6.45) is 14.9. The Bertz CT molecular complexity index is 184. The monoisotopic (exact) mass is 240 g/mol. The lowest BCUT2D eigenvalue weighted by molar-refractivity contribution is -0.0352. The van der Waals surface area contributed by atoms with E-state index in [-0.39, 0.29) is 5.60 Å². The molecule has 0 saturated heterocycles. The lowest BCUT2D eigenvalue weighted by atomic mass is 9.78. The minimum atomic E-state index is -0.319. The summed E-state index contributed by atoms with van der Waals surface area (Å²) < 4.78 is 0. The third kappa shape index (κ3) is 4.99. The minimum absolute atomic E-state index is 0.319. The van der Waals surface area contributed by atoms with E-state index in [4.69, 9.17) is 0 Å². The molecule has 1 unspecified atom stereocenters. The molecule has 0 aliphatic heterocycles. The fourth-order valence-corrected chi connectivity index (χ4v) is 3.34. The van der Waals surface area contributed by atoms with Crippen molar-refractivity contribution >= 4 is 0 Å². The van der Waals surface area contributed by atoms with E-state index in [1.165, 1.54) is 64.2 Å². The van der Waals surface area contributed by atoms with E-state index in [9.17, 15) is 5.11 Å². The van der Waals surface area contributed by atoms with Crippen molar-refractivity contribution in [3.63, 3.8) is 0 Å². The van der Waals surface area contributed by atoms with Gasteiger partial charge in [-0.3, -0.25) is 0 Å². The molecular formula is C16H32O. The molecule has 0 radical (unpaired) electrons. The van der Waals surface area contributed by atoms with Gasteiger partial charge in [0, 0.05) is 0 Å². The first kappa shape index (κ1) is 15.0. The molecule has 102 valence electrons. The zero-order chi connectivity index (χ0) is 12.6. The standard InChI is InChI=1S/C16H32O/c1-3-5-7-10-14-16(17,13-6-4-2)15-11-8-9-12-15/h15,17H,3-14H2,1-2H3. The second-order valence-corrected chi connectivity index (χ2v) is 6.00. The Hall–Kier alpha value is -0.0400. The second-order valence-electron chi connectivity index (χ2n) is 6.00. The van der Waals surface area contributed by atoms with Gasteiger partial charge in [-0.1, -0.05) is 65.2 Å². The van der Waals surface area contributed by atoms with E-state index in [2.05, 4.69) is 13.8 Å². The highest BCUT2D eigenvalue weighted by atomic mass is 16.3. The predicted octanol–water partition coefficient (Wildman–Crippen LogP) is 5.07. The molecule has 1 nitrogen and oxygen atoms in total. The van der Waals surface area contributed by atoms with E-state index in [1.54, 1.807) is 0 Å². The Balaban J connectivity index is 2.39. The van der Waals surface area contributed by atoms with E-state index < -0.39 is 0 Å². The first-order valence-electron chi connectivity index (χ1n) is 7.95. The SMILES string of the molecule is CCCCCCC(O)(CCCC)C1CCCC1. The molecule has 0 amide bonds.